The second-order valence-corrected chi connectivity index (χ2v) is 30.4. The van der Waals surface area contributed by atoms with Crippen molar-refractivity contribution in [2.45, 2.75) is 114 Å². The summed E-state index contributed by atoms with van der Waals surface area (Å²) in [6.07, 6.45) is 3.04. The first-order chi connectivity index (χ1) is 63.0. The number of nitrogens with two attached hydrogens (primary N) is 2. The predicted molar refractivity (Wildman–Crippen MR) is 453 cm³/mol. The number of rotatable bonds is 41. The highest BCUT2D eigenvalue weighted by molar-refractivity contribution is 6.26. The molecule has 0 aliphatic carbocycles. The van der Waals surface area contributed by atoms with Crippen LogP contribution in [0.4, 0.5) is 49.2 Å². The van der Waals surface area contributed by atoms with Crippen LogP contribution in [0.2, 0.25) is 0 Å². The van der Waals surface area contributed by atoms with Crippen LogP contribution in [0, 0.1) is 0 Å². The Labute approximate surface area is 753 Å². The highest BCUT2D eigenvalue weighted by Crippen LogP contribution is 2.36. The number of hydrogen-bond donors (Lipinski definition) is 9. The highest BCUT2D eigenvalue weighted by atomic mass is 35.5. The van der Waals surface area contributed by atoms with Crippen molar-refractivity contribution in [1.29, 1.82) is 0 Å². The fourth-order valence-corrected chi connectivity index (χ4v) is 14.8. The fraction of sp³-hybridized carbons (Fsp3) is 0.440. The predicted octanol–water partition coefficient (Wildman–Crippen LogP) is 5.85. The normalized spacial score (nSPS) is 16.6. The van der Waals surface area contributed by atoms with Crippen LogP contribution in [0.3, 0.4) is 0 Å². The molecular formula is C84H95ClF6N20O21. The number of carbonyl (C=O) groups excluding carboxylic acids is 13. The van der Waals surface area contributed by atoms with Gasteiger partial charge in [-0.25, -0.2) is 15.0 Å². The molecule has 8 aromatic rings. The van der Waals surface area contributed by atoms with Crippen LogP contribution in [-0.4, -0.2) is 281 Å². The summed E-state index contributed by atoms with van der Waals surface area (Å²) in [5, 5.41) is 26.7. The highest BCUT2D eigenvalue weighted by Gasteiger charge is 2.48. The van der Waals surface area contributed by atoms with Crippen LogP contribution in [0.15, 0.2) is 107 Å². The third kappa shape index (κ3) is 27.0. The average Bonchev–Trinajstić information content (AvgIpc) is 1.60. The molecule has 0 bridgehead atoms. The number of halogens is 7. The Morgan fingerprint density at radius 2 is 1.05 bits per heavy atom. The summed E-state index contributed by atoms with van der Waals surface area (Å²) >= 11 is 0. The number of primary amides is 2. The van der Waals surface area contributed by atoms with Gasteiger partial charge in [-0.15, -0.1) is 12.4 Å². The monoisotopic (exact) mass is 1870 g/mol. The number of hydrogen-bond acceptors (Lipinski definition) is 31. The van der Waals surface area contributed by atoms with E-state index in [0.717, 1.165) is 66.9 Å². The molecule has 6 aromatic heterocycles. The zero-order valence-corrected chi connectivity index (χ0v) is 71.7. The van der Waals surface area contributed by atoms with Crippen molar-refractivity contribution in [2.24, 2.45) is 11.5 Å². The molecule has 48 heteroatoms. The Morgan fingerprint density at radius 1 is 0.545 bits per heavy atom. The van der Waals surface area contributed by atoms with Gasteiger partial charge in [0, 0.05) is 99.3 Å². The van der Waals surface area contributed by atoms with E-state index in [2.05, 4.69) is 72.3 Å². The van der Waals surface area contributed by atoms with Gasteiger partial charge in [0.2, 0.25) is 35.4 Å². The summed E-state index contributed by atoms with van der Waals surface area (Å²) in [5.41, 5.74) is 13.8. The van der Waals surface area contributed by atoms with Gasteiger partial charge in [0.25, 0.3) is 47.3 Å². The van der Waals surface area contributed by atoms with E-state index >= 15 is 0 Å². The number of oxazole rings is 2. The van der Waals surface area contributed by atoms with Crippen molar-refractivity contribution >= 4 is 112 Å². The van der Waals surface area contributed by atoms with Crippen LogP contribution in [0.25, 0.3) is 22.9 Å². The number of aryl methyl sites for hydroxylation is 2. The van der Waals surface area contributed by atoms with Crippen LogP contribution in [0.1, 0.15) is 171 Å². The Hall–Kier alpha value is -13.2. The molecule has 0 saturated carbocycles. The number of piperidine rings is 4. The summed E-state index contributed by atoms with van der Waals surface area (Å²) in [4.78, 5) is 180. The Kier molecular flexibility index (Phi) is 35.5. The van der Waals surface area contributed by atoms with Gasteiger partial charge in [-0.05, 0) is 119 Å². The lowest BCUT2D eigenvalue weighted by molar-refractivity contribution is -0.137. The minimum atomic E-state index is -4.41. The van der Waals surface area contributed by atoms with Gasteiger partial charge < -0.3 is 85.0 Å². The Bertz CT molecular complexity index is 5460. The third-order valence-electron chi connectivity index (χ3n) is 21.3. The number of likely N-dealkylation sites (tertiary alicyclic amines) is 1. The molecule has 12 amide bonds. The van der Waals surface area contributed by atoms with Gasteiger partial charge in [-0.2, -0.15) is 36.5 Å². The van der Waals surface area contributed by atoms with Crippen LogP contribution < -0.4 is 48.7 Å². The molecule has 14 rings (SSSR count). The third-order valence-corrected chi connectivity index (χ3v) is 21.3. The van der Waals surface area contributed by atoms with E-state index in [9.17, 15) is 88.7 Å². The number of fused-ring (bicyclic) bond motifs is 2. The lowest BCUT2D eigenvalue weighted by Crippen LogP contribution is -2.54. The van der Waals surface area contributed by atoms with Gasteiger partial charge >= 0.3 is 12.4 Å². The van der Waals surface area contributed by atoms with Crippen molar-refractivity contribution in [1.82, 2.24) is 70.1 Å². The lowest BCUT2D eigenvalue weighted by Gasteiger charge is -2.31. The van der Waals surface area contributed by atoms with E-state index in [4.69, 9.17) is 48.7 Å². The van der Waals surface area contributed by atoms with Gasteiger partial charge in [0.05, 0.1) is 112 Å². The molecule has 2 atom stereocenters. The number of benzene rings is 2. The molecule has 12 heterocycles. The summed E-state index contributed by atoms with van der Waals surface area (Å²) < 4.78 is 122. The first-order valence-electron chi connectivity index (χ1n) is 41.8. The maximum absolute atomic E-state index is 13.2. The molecule has 706 valence electrons. The van der Waals surface area contributed by atoms with E-state index in [-0.39, 0.29) is 137 Å². The molecule has 2 unspecified atom stereocenters. The van der Waals surface area contributed by atoms with Crippen molar-refractivity contribution in [3.8, 4) is 22.9 Å². The van der Waals surface area contributed by atoms with E-state index in [1.54, 1.807) is 52.1 Å². The van der Waals surface area contributed by atoms with E-state index < -0.39 is 108 Å². The Morgan fingerprint density at radius 3 is 1.58 bits per heavy atom. The number of nitrogens with zero attached hydrogens (tertiary/aromatic N) is 11. The van der Waals surface area contributed by atoms with E-state index in [1.807, 2.05) is 0 Å². The summed E-state index contributed by atoms with van der Waals surface area (Å²) in [6.45, 7) is 7.15. The number of pyridine rings is 2. The van der Waals surface area contributed by atoms with Gasteiger partial charge in [0.1, 0.15) is 49.9 Å². The molecule has 11 N–H and O–H groups in total. The smallest absolute Gasteiger partial charge is 0.405 e. The lowest BCUT2D eigenvalue weighted by atomic mass is 9.99. The molecule has 6 aliphatic rings. The molecule has 41 nitrogen and oxygen atoms in total. The number of amides is 12. The molecule has 4 saturated heterocycles. The van der Waals surface area contributed by atoms with Gasteiger partial charge in [-0.3, -0.25) is 92.3 Å². The number of imide groups is 4. The molecule has 4 fully saturated rings. The largest absolute Gasteiger partial charge is 0.444 e. The second kappa shape index (κ2) is 47.1. The summed E-state index contributed by atoms with van der Waals surface area (Å²) in [6, 6.07) is 13.6. The molecule has 0 radical (unpaired) electrons. The standard InChI is InChI=1S/C42H47F3N10O10.C22H26N2O8.C20H21F3N8O3.ClH/c43-42(44,45)10-6-26-22-25(7-11-47-26)39-50-31(24-65-39)37(58)49-30-23-54(52-35(30)36(46)57)27-8-13-53(14-9-27)15-17-63-19-21-64-20-18-62-16-12-48-29-3-1-2-28-34(29)41(61)55(40(28)60)32-4-5-33(56)51-38(32)59;25-8-10-31-12-14-32-13-11-30-9-2-4-15-3-1-5-16-19(15)22(29)24(21(16)28)17-6-7-18(26)23-20(17)27;21-20(22,23)10-27-15-7-11(1-6-26-15)19-29-14(9-34-19)18(33)28-13-8-31(30-16(13)17(24)32)12-2-4-25-5-3-12;/h1-3,7,11,22-24,27,32,48H,4-6,8-10,12-21H2,(H2,46,57)(H,49,58)(H,51,56,59);1,3,5,8,17H,2,4,6-7,9-14H2,(H,23,26,27);1,6-9,12,25H,2-5,10H2,(H2,24,32)(H,26,27)(H,28,33);1H. The summed E-state index contributed by atoms with van der Waals surface area (Å²) in [7, 11) is 0. The molecule has 6 aliphatic heterocycles. The van der Waals surface area contributed by atoms with E-state index in [0.29, 0.717) is 140 Å². The molecule has 2 aromatic carbocycles. The molecule has 0 spiro atoms. The molecular weight excluding hydrogens is 1770 g/mol. The van der Waals surface area contributed by atoms with Gasteiger partial charge in [-0.1, -0.05) is 18.2 Å². The number of aldehydes is 1. The summed E-state index contributed by atoms with van der Waals surface area (Å²) in [5.74, 6) is -7.33. The first kappa shape index (κ1) is 99.4. The molecule has 132 heavy (non-hydrogen) atoms. The van der Waals surface area contributed by atoms with Crippen LogP contribution >= 0.6 is 12.4 Å². The van der Waals surface area contributed by atoms with Crippen LogP contribution in [0.5, 0.6) is 0 Å². The number of alkyl halides is 6. The number of ether oxygens (including phenoxy) is 6. The minimum Gasteiger partial charge on any atom is -0.444 e. The Balaban J connectivity index is 0.000000210. The number of aromatic nitrogens is 8. The van der Waals surface area contributed by atoms with Crippen molar-refractivity contribution in [3.05, 3.63) is 154 Å². The van der Waals surface area contributed by atoms with Crippen molar-refractivity contribution in [3.63, 3.8) is 0 Å². The average molecular weight is 1870 g/mol. The SMILES string of the molecule is Cl.NC(=O)c1nn(C2CCN(CCOCCOCCOCCNc3cccc4c3C(=O)N(C3CCC(=O)NC3=O)C4=O)CC2)cc1NC(=O)c1coc(-c2ccnc(CCC(F)(F)F)c2)n1.NC(=O)c1nn(C2CCNCC2)cc1NC(=O)c1coc(-c2ccnc(NCC(F)(F)F)c2)n1.O=CCOCCOCCOCCCc1cccc2c1C(=O)N(C1CCC(=O)NC1=O)C2=O. The topological polar surface area (TPSA) is 537 Å². The number of carbonyl (C=O) groups is 13. The van der Waals surface area contributed by atoms with E-state index in [1.165, 1.54) is 42.7 Å². The van der Waals surface area contributed by atoms with Crippen molar-refractivity contribution < 1.29 is 126 Å². The second-order valence-electron chi connectivity index (χ2n) is 30.4. The first-order valence-corrected chi connectivity index (χ1v) is 41.8. The minimum absolute atomic E-state index is 0. The number of nitrogens with one attached hydrogen (secondary N) is 7. The van der Waals surface area contributed by atoms with Crippen molar-refractivity contribution in [2.75, 3.05) is 146 Å². The fourth-order valence-electron chi connectivity index (χ4n) is 14.8. The zero-order chi connectivity index (χ0) is 93.3. The maximum Gasteiger partial charge on any atom is 0.405 e. The quantitative estimate of drug-likeness (QED) is 0.00938. The van der Waals surface area contributed by atoms with Crippen LogP contribution in [-0.2, 0) is 65.2 Å². The van der Waals surface area contributed by atoms with Gasteiger partial charge in [0.15, 0.2) is 22.8 Å². The maximum atomic E-state index is 13.2. The number of anilines is 4. The zero-order valence-electron chi connectivity index (χ0n) is 70.9.